The fourth-order valence-electron chi connectivity index (χ4n) is 2.93. The summed E-state index contributed by atoms with van der Waals surface area (Å²) in [6.45, 7) is 3.75. The van der Waals surface area contributed by atoms with E-state index < -0.39 is 5.91 Å². The van der Waals surface area contributed by atoms with E-state index in [1.165, 1.54) is 12.5 Å². The molecule has 1 aliphatic heterocycles. The molecule has 0 saturated carbocycles. The lowest BCUT2D eigenvalue weighted by Gasteiger charge is -2.25. The summed E-state index contributed by atoms with van der Waals surface area (Å²) in [7, 11) is 0. The number of carbonyl (C=O) groups is 1. The zero-order chi connectivity index (χ0) is 18.5. The molecule has 0 spiro atoms. The van der Waals surface area contributed by atoms with Crippen LogP contribution in [0.1, 0.15) is 30.6 Å². The topological polar surface area (TPSA) is 69.3 Å². The number of amides is 1. The summed E-state index contributed by atoms with van der Waals surface area (Å²) in [4.78, 5) is 14.6. The fraction of sp³-hybridized carbons (Fsp3) is 0.300. The summed E-state index contributed by atoms with van der Waals surface area (Å²) in [6.07, 6.45) is 5.00. The smallest absolute Gasteiger partial charge is 0.266 e. The van der Waals surface area contributed by atoms with E-state index in [1.54, 1.807) is 24.3 Å². The third-order valence-corrected chi connectivity index (χ3v) is 4.86. The molecule has 1 aliphatic rings. The monoisotopic (exact) mass is 369 g/mol. The van der Waals surface area contributed by atoms with E-state index in [1.807, 2.05) is 19.1 Å². The first-order valence-corrected chi connectivity index (χ1v) is 8.99. The van der Waals surface area contributed by atoms with Crippen LogP contribution in [0.15, 0.2) is 40.3 Å². The normalized spacial score (nSPS) is 14.8. The first-order valence-electron chi connectivity index (χ1n) is 8.61. The Balaban J connectivity index is 1.75. The molecule has 5 nitrogen and oxygen atoms in total. The number of rotatable bonds is 4. The summed E-state index contributed by atoms with van der Waals surface area (Å²) in [6, 6.07) is 10.8. The minimum Gasteiger partial charge on any atom is -0.441 e. The van der Waals surface area contributed by atoms with Crippen molar-refractivity contribution in [3.8, 4) is 6.07 Å². The number of furan rings is 1. The Morgan fingerprint density at radius 3 is 2.77 bits per heavy atom. The van der Waals surface area contributed by atoms with Crippen molar-refractivity contribution in [2.24, 2.45) is 0 Å². The van der Waals surface area contributed by atoms with Gasteiger partial charge in [-0.15, -0.1) is 0 Å². The highest BCUT2D eigenvalue weighted by Gasteiger charge is 2.16. The molecule has 0 bridgehead atoms. The van der Waals surface area contributed by atoms with Gasteiger partial charge in [0, 0.05) is 35.9 Å². The standard InChI is InChI=1S/C20H20ClN3O2/c1-14-17(21)6-5-7-18(14)23-20(25)15(13-22)12-16-8-9-19(26-16)24-10-3-2-4-11-24/h5-9,12H,2-4,10-11H2,1H3,(H,23,25)/b15-12-. The quantitative estimate of drug-likeness (QED) is 0.622. The van der Waals surface area contributed by atoms with E-state index in [-0.39, 0.29) is 5.57 Å². The van der Waals surface area contributed by atoms with Crippen LogP contribution in [0.5, 0.6) is 0 Å². The molecule has 6 heteroatoms. The van der Waals surface area contributed by atoms with Crippen LogP contribution in [0.4, 0.5) is 11.6 Å². The minimum atomic E-state index is -0.492. The first kappa shape index (κ1) is 18.1. The van der Waals surface area contributed by atoms with Crippen molar-refractivity contribution in [2.75, 3.05) is 23.3 Å². The Labute approximate surface area is 157 Å². The number of carbonyl (C=O) groups excluding carboxylic acids is 1. The predicted octanol–water partition coefficient (Wildman–Crippen LogP) is 4.78. The third kappa shape index (κ3) is 4.09. The van der Waals surface area contributed by atoms with Crippen molar-refractivity contribution >= 4 is 35.2 Å². The number of halogens is 1. The molecule has 1 amide bonds. The van der Waals surface area contributed by atoms with E-state index >= 15 is 0 Å². The van der Waals surface area contributed by atoms with E-state index in [9.17, 15) is 10.1 Å². The van der Waals surface area contributed by atoms with Crippen LogP contribution in [-0.4, -0.2) is 19.0 Å². The van der Waals surface area contributed by atoms with Crippen molar-refractivity contribution in [2.45, 2.75) is 26.2 Å². The molecule has 26 heavy (non-hydrogen) atoms. The van der Waals surface area contributed by atoms with Gasteiger partial charge in [-0.3, -0.25) is 4.79 Å². The van der Waals surface area contributed by atoms with Crippen LogP contribution in [0.3, 0.4) is 0 Å². The third-order valence-electron chi connectivity index (χ3n) is 4.45. The number of hydrogen-bond donors (Lipinski definition) is 1. The molecule has 134 valence electrons. The summed E-state index contributed by atoms with van der Waals surface area (Å²) in [5.74, 6) is 0.771. The largest absolute Gasteiger partial charge is 0.441 e. The van der Waals surface area contributed by atoms with Gasteiger partial charge in [0.15, 0.2) is 5.88 Å². The number of nitriles is 1. The number of benzene rings is 1. The number of hydrogen-bond acceptors (Lipinski definition) is 4. The summed E-state index contributed by atoms with van der Waals surface area (Å²) >= 11 is 6.07. The maximum absolute atomic E-state index is 12.4. The van der Waals surface area contributed by atoms with Crippen molar-refractivity contribution in [1.82, 2.24) is 0 Å². The molecule has 0 aliphatic carbocycles. The summed E-state index contributed by atoms with van der Waals surface area (Å²) in [5.41, 5.74) is 1.31. The lowest BCUT2D eigenvalue weighted by Crippen LogP contribution is -2.28. The highest BCUT2D eigenvalue weighted by Crippen LogP contribution is 2.25. The number of anilines is 2. The second kappa shape index (κ2) is 8.11. The Morgan fingerprint density at radius 2 is 2.04 bits per heavy atom. The van der Waals surface area contributed by atoms with Gasteiger partial charge < -0.3 is 14.6 Å². The van der Waals surface area contributed by atoms with Gasteiger partial charge in [0.25, 0.3) is 5.91 Å². The van der Waals surface area contributed by atoms with Crippen LogP contribution in [-0.2, 0) is 4.79 Å². The summed E-state index contributed by atoms with van der Waals surface area (Å²) < 4.78 is 5.80. The first-order chi connectivity index (χ1) is 12.6. The molecule has 1 fully saturated rings. The minimum absolute atomic E-state index is 0.0241. The van der Waals surface area contributed by atoms with Crippen molar-refractivity contribution in [3.63, 3.8) is 0 Å². The number of nitrogens with zero attached hydrogens (tertiary/aromatic N) is 2. The lowest BCUT2D eigenvalue weighted by molar-refractivity contribution is -0.112. The highest BCUT2D eigenvalue weighted by atomic mass is 35.5. The van der Waals surface area contributed by atoms with Crippen molar-refractivity contribution in [1.29, 1.82) is 5.26 Å². The Kier molecular flexibility index (Phi) is 5.65. The van der Waals surface area contributed by atoms with Crippen LogP contribution in [0.2, 0.25) is 5.02 Å². The molecule has 2 aromatic rings. The maximum atomic E-state index is 12.4. The van der Waals surface area contributed by atoms with E-state index in [2.05, 4.69) is 10.2 Å². The molecule has 1 saturated heterocycles. The molecule has 1 N–H and O–H groups in total. The van der Waals surface area contributed by atoms with E-state index in [0.717, 1.165) is 37.4 Å². The van der Waals surface area contributed by atoms with Gasteiger partial charge >= 0.3 is 0 Å². The Morgan fingerprint density at radius 1 is 1.27 bits per heavy atom. The van der Waals surface area contributed by atoms with Crippen molar-refractivity contribution < 1.29 is 9.21 Å². The average Bonchev–Trinajstić information content (AvgIpc) is 3.13. The zero-order valence-corrected chi connectivity index (χ0v) is 15.3. The van der Waals surface area contributed by atoms with Gasteiger partial charge in [0.05, 0.1) is 0 Å². The second-order valence-corrected chi connectivity index (χ2v) is 6.67. The van der Waals surface area contributed by atoms with Gasteiger partial charge in [-0.1, -0.05) is 17.7 Å². The molecule has 0 unspecified atom stereocenters. The van der Waals surface area contributed by atoms with E-state index in [0.29, 0.717) is 16.5 Å². The van der Waals surface area contributed by atoms with Gasteiger partial charge in [0.2, 0.25) is 0 Å². The van der Waals surface area contributed by atoms with Gasteiger partial charge in [-0.25, -0.2) is 0 Å². The Bertz CT molecular complexity index is 873. The molecule has 0 atom stereocenters. The molecular weight excluding hydrogens is 350 g/mol. The zero-order valence-electron chi connectivity index (χ0n) is 14.6. The van der Waals surface area contributed by atoms with Crippen LogP contribution in [0.25, 0.3) is 6.08 Å². The number of nitrogens with one attached hydrogen (secondary N) is 1. The lowest BCUT2D eigenvalue weighted by atomic mass is 10.1. The summed E-state index contributed by atoms with van der Waals surface area (Å²) in [5, 5.41) is 12.6. The maximum Gasteiger partial charge on any atom is 0.266 e. The molecule has 1 aromatic heterocycles. The molecule has 1 aromatic carbocycles. The van der Waals surface area contributed by atoms with Gasteiger partial charge in [-0.05, 0) is 49.9 Å². The second-order valence-electron chi connectivity index (χ2n) is 6.26. The molecule has 3 rings (SSSR count). The Hall–Kier alpha value is -2.71. The van der Waals surface area contributed by atoms with Crippen LogP contribution >= 0.6 is 11.6 Å². The van der Waals surface area contributed by atoms with Crippen LogP contribution in [0, 0.1) is 18.3 Å². The number of piperidine rings is 1. The predicted molar refractivity (Wildman–Crippen MR) is 103 cm³/mol. The molecular formula is C20H20ClN3O2. The highest BCUT2D eigenvalue weighted by molar-refractivity contribution is 6.31. The van der Waals surface area contributed by atoms with Gasteiger partial charge in [0.1, 0.15) is 17.4 Å². The van der Waals surface area contributed by atoms with Gasteiger partial charge in [-0.2, -0.15) is 5.26 Å². The molecule has 0 radical (unpaired) electrons. The SMILES string of the molecule is Cc1c(Cl)cccc1NC(=O)/C(C#N)=C\c1ccc(N2CCCCC2)o1. The van der Waals surface area contributed by atoms with Crippen molar-refractivity contribution in [3.05, 3.63) is 52.3 Å². The average molecular weight is 370 g/mol. The molecule has 2 heterocycles. The fourth-order valence-corrected chi connectivity index (χ4v) is 3.10. The van der Waals surface area contributed by atoms with Crippen LogP contribution < -0.4 is 10.2 Å². The van der Waals surface area contributed by atoms with E-state index in [4.69, 9.17) is 16.0 Å².